The molecule has 0 saturated carbocycles. The van der Waals surface area contributed by atoms with E-state index >= 15 is 0 Å². The number of carboxylic acids is 1. The molecule has 0 heterocycles. The molecule has 0 aliphatic heterocycles. The fourth-order valence-corrected chi connectivity index (χ4v) is 1.02. The van der Waals surface area contributed by atoms with Crippen LogP contribution in [-0.2, 0) is 0 Å². The lowest BCUT2D eigenvalue weighted by atomic mass is 9.89. The monoisotopic (exact) mass is 163 g/mol. The molecule has 1 aromatic rings. The summed E-state index contributed by atoms with van der Waals surface area (Å²) in [7, 11) is 1.90. The van der Waals surface area contributed by atoms with E-state index in [0.717, 1.165) is 11.0 Å². The van der Waals surface area contributed by atoms with Gasteiger partial charge in [-0.15, -0.1) is 0 Å². The predicted molar refractivity (Wildman–Crippen MR) is 50.7 cm³/mol. The van der Waals surface area contributed by atoms with E-state index in [1.807, 2.05) is 14.8 Å². The van der Waals surface area contributed by atoms with E-state index in [0.29, 0.717) is 5.69 Å². The van der Waals surface area contributed by atoms with Crippen LogP contribution in [0.5, 0.6) is 0 Å². The first-order valence-corrected chi connectivity index (χ1v) is 3.63. The van der Waals surface area contributed by atoms with Gasteiger partial charge in [-0.25, -0.2) is 4.79 Å². The molecule has 1 aromatic carbocycles. The maximum atomic E-state index is 10.6. The molecular formula is C8H10BNO2. The minimum absolute atomic E-state index is 0.179. The van der Waals surface area contributed by atoms with Crippen molar-refractivity contribution >= 4 is 25.0 Å². The second kappa shape index (κ2) is 2.89. The molecule has 0 aliphatic carbocycles. The molecule has 0 atom stereocenters. The molecule has 12 heavy (non-hydrogen) atoms. The Morgan fingerprint density at radius 3 is 2.67 bits per heavy atom. The van der Waals surface area contributed by atoms with Crippen molar-refractivity contribution in [1.82, 2.24) is 0 Å². The van der Waals surface area contributed by atoms with Crippen LogP contribution < -0.4 is 11.2 Å². The Labute approximate surface area is 71.6 Å². The quantitative estimate of drug-likeness (QED) is 0.434. The maximum absolute atomic E-state index is 10.6. The summed E-state index contributed by atoms with van der Waals surface area (Å²) in [5, 5.41) is 8.70. The lowest BCUT2D eigenvalue weighted by Crippen LogP contribution is -2.14. The van der Waals surface area contributed by atoms with Gasteiger partial charge in [0.05, 0.1) is 5.56 Å². The predicted octanol–water partition coefficient (Wildman–Crippen LogP) is -0.466. The van der Waals surface area contributed by atoms with Crippen LogP contribution in [0.3, 0.4) is 0 Å². The second-order valence-corrected chi connectivity index (χ2v) is 2.77. The number of carbonyl (C=O) groups is 1. The Balaban J connectivity index is 3.36. The lowest BCUT2D eigenvalue weighted by Gasteiger charge is -2.06. The number of carboxylic acid groups (broad SMARTS) is 1. The lowest BCUT2D eigenvalue weighted by molar-refractivity contribution is 0.0698. The molecule has 0 fully saturated rings. The van der Waals surface area contributed by atoms with Gasteiger partial charge in [0, 0.05) is 5.69 Å². The van der Waals surface area contributed by atoms with Gasteiger partial charge in [-0.3, -0.25) is 0 Å². The summed E-state index contributed by atoms with van der Waals surface area (Å²) in [5.41, 5.74) is 8.00. The van der Waals surface area contributed by atoms with E-state index in [1.54, 1.807) is 6.07 Å². The highest BCUT2D eigenvalue weighted by Gasteiger charge is 2.09. The molecule has 0 saturated heterocycles. The third-order valence-electron chi connectivity index (χ3n) is 2.02. The largest absolute Gasteiger partial charge is 0.478 e. The van der Waals surface area contributed by atoms with Crippen molar-refractivity contribution in [3.05, 3.63) is 23.3 Å². The van der Waals surface area contributed by atoms with E-state index in [-0.39, 0.29) is 5.56 Å². The first kappa shape index (κ1) is 8.65. The van der Waals surface area contributed by atoms with Crippen molar-refractivity contribution in [2.45, 2.75) is 6.92 Å². The van der Waals surface area contributed by atoms with Gasteiger partial charge in [-0.1, -0.05) is 11.5 Å². The number of rotatable bonds is 1. The number of nitrogens with two attached hydrogens (primary N) is 1. The standard InChI is InChI=1S/C8H10BNO2/c1-4-6(9)3-2-5(7(4)10)8(11)12/h2-3H,9-10H2,1H3,(H,11,12). The number of aromatic carboxylic acids is 1. The Hall–Kier alpha value is -1.45. The Bertz CT molecular complexity index is 336. The van der Waals surface area contributed by atoms with E-state index in [2.05, 4.69) is 0 Å². The first-order valence-electron chi connectivity index (χ1n) is 3.63. The molecule has 3 N–H and O–H groups in total. The van der Waals surface area contributed by atoms with Crippen molar-refractivity contribution in [2.24, 2.45) is 0 Å². The van der Waals surface area contributed by atoms with Gasteiger partial charge in [-0.05, 0) is 18.6 Å². The number of anilines is 1. The summed E-state index contributed by atoms with van der Waals surface area (Å²) in [6, 6.07) is 3.29. The molecule has 0 spiro atoms. The summed E-state index contributed by atoms with van der Waals surface area (Å²) >= 11 is 0. The van der Waals surface area contributed by atoms with Crippen molar-refractivity contribution < 1.29 is 9.90 Å². The molecule has 0 aliphatic rings. The van der Waals surface area contributed by atoms with Gasteiger partial charge < -0.3 is 10.8 Å². The molecule has 1 rings (SSSR count). The number of hydrogen-bond acceptors (Lipinski definition) is 2. The number of hydrogen-bond donors (Lipinski definition) is 2. The highest BCUT2D eigenvalue weighted by Crippen LogP contribution is 2.13. The van der Waals surface area contributed by atoms with E-state index in [9.17, 15) is 4.79 Å². The minimum Gasteiger partial charge on any atom is -0.478 e. The average molecular weight is 163 g/mol. The molecule has 4 heteroatoms. The molecule has 62 valence electrons. The van der Waals surface area contributed by atoms with Gasteiger partial charge in [0.25, 0.3) is 0 Å². The first-order chi connectivity index (χ1) is 5.54. The summed E-state index contributed by atoms with van der Waals surface area (Å²) < 4.78 is 0. The van der Waals surface area contributed by atoms with Crippen LogP contribution in [0.25, 0.3) is 0 Å². The SMILES string of the molecule is Bc1ccc(C(=O)O)c(N)c1C. The average Bonchev–Trinajstić information content (AvgIpc) is 2.00. The molecule has 0 bridgehead atoms. The molecular weight excluding hydrogens is 153 g/mol. The molecule has 0 amide bonds. The third kappa shape index (κ3) is 1.28. The van der Waals surface area contributed by atoms with Gasteiger partial charge >= 0.3 is 5.97 Å². The number of benzene rings is 1. The fourth-order valence-electron chi connectivity index (χ4n) is 1.02. The molecule has 0 unspecified atom stereocenters. The Morgan fingerprint density at radius 1 is 1.58 bits per heavy atom. The van der Waals surface area contributed by atoms with Gasteiger partial charge in [0.2, 0.25) is 0 Å². The summed E-state index contributed by atoms with van der Waals surface area (Å²) in [6.45, 7) is 1.82. The maximum Gasteiger partial charge on any atom is 0.337 e. The van der Waals surface area contributed by atoms with Crippen molar-refractivity contribution in [3.8, 4) is 0 Å². The van der Waals surface area contributed by atoms with Crippen molar-refractivity contribution in [1.29, 1.82) is 0 Å². The van der Waals surface area contributed by atoms with Crippen LogP contribution in [0, 0.1) is 6.92 Å². The zero-order valence-electron chi connectivity index (χ0n) is 7.09. The summed E-state index contributed by atoms with van der Waals surface area (Å²) in [5.74, 6) is -0.976. The van der Waals surface area contributed by atoms with Crippen LogP contribution >= 0.6 is 0 Å². The highest BCUT2D eigenvalue weighted by atomic mass is 16.4. The number of nitrogen functional groups attached to an aromatic ring is 1. The van der Waals surface area contributed by atoms with E-state index in [1.165, 1.54) is 6.07 Å². The van der Waals surface area contributed by atoms with Crippen LogP contribution in [0.2, 0.25) is 0 Å². The van der Waals surface area contributed by atoms with E-state index in [4.69, 9.17) is 10.8 Å². The topological polar surface area (TPSA) is 63.3 Å². The minimum atomic E-state index is -0.976. The summed E-state index contributed by atoms with van der Waals surface area (Å²) in [4.78, 5) is 10.6. The van der Waals surface area contributed by atoms with Gasteiger partial charge in [0.15, 0.2) is 0 Å². The van der Waals surface area contributed by atoms with Gasteiger partial charge in [-0.2, -0.15) is 0 Å². The Morgan fingerprint density at radius 2 is 2.17 bits per heavy atom. The smallest absolute Gasteiger partial charge is 0.337 e. The van der Waals surface area contributed by atoms with Crippen LogP contribution in [-0.4, -0.2) is 18.9 Å². The summed E-state index contributed by atoms with van der Waals surface area (Å²) in [6.07, 6.45) is 0. The van der Waals surface area contributed by atoms with Crippen LogP contribution in [0.4, 0.5) is 5.69 Å². The van der Waals surface area contributed by atoms with Crippen LogP contribution in [0.15, 0.2) is 12.1 Å². The van der Waals surface area contributed by atoms with Crippen LogP contribution in [0.1, 0.15) is 15.9 Å². The Kier molecular flexibility index (Phi) is 2.08. The fraction of sp³-hybridized carbons (Fsp3) is 0.125. The highest BCUT2D eigenvalue weighted by molar-refractivity contribution is 6.34. The zero-order chi connectivity index (χ0) is 9.30. The van der Waals surface area contributed by atoms with Crippen molar-refractivity contribution in [3.63, 3.8) is 0 Å². The molecule has 0 radical (unpaired) electrons. The normalized spacial score (nSPS) is 9.75. The van der Waals surface area contributed by atoms with Gasteiger partial charge in [0.1, 0.15) is 7.85 Å². The third-order valence-corrected chi connectivity index (χ3v) is 2.02. The zero-order valence-corrected chi connectivity index (χ0v) is 7.09. The second-order valence-electron chi connectivity index (χ2n) is 2.77. The molecule has 3 nitrogen and oxygen atoms in total. The van der Waals surface area contributed by atoms with E-state index < -0.39 is 5.97 Å². The molecule has 0 aromatic heterocycles. The van der Waals surface area contributed by atoms with Crippen molar-refractivity contribution in [2.75, 3.05) is 5.73 Å².